The molecule has 1 N–H and O–H groups in total. The summed E-state index contributed by atoms with van der Waals surface area (Å²) in [5, 5.41) is 2.63. The van der Waals surface area contributed by atoms with E-state index in [1.807, 2.05) is 0 Å². The molecule has 1 fully saturated rings. The molecule has 1 aliphatic heterocycles. The van der Waals surface area contributed by atoms with E-state index in [-0.39, 0.29) is 18.2 Å². The van der Waals surface area contributed by atoms with Crippen LogP contribution < -0.4 is 10.1 Å². The van der Waals surface area contributed by atoms with Crippen LogP contribution in [0.5, 0.6) is 5.75 Å². The van der Waals surface area contributed by atoms with Crippen molar-refractivity contribution in [3.05, 3.63) is 24.0 Å². The molecule has 2 rings (SSSR count). The van der Waals surface area contributed by atoms with Crippen LogP contribution in [0.1, 0.15) is 18.4 Å². The maximum absolute atomic E-state index is 12.2. The van der Waals surface area contributed by atoms with Crippen molar-refractivity contribution < 1.29 is 27.4 Å². The van der Waals surface area contributed by atoms with Gasteiger partial charge in [-0.2, -0.15) is 13.2 Å². The van der Waals surface area contributed by atoms with Crippen molar-refractivity contribution >= 4 is 5.91 Å². The molecule has 0 radical (unpaired) electrons. The van der Waals surface area contributed by atoms with Gasteiger partial charge in [-0.3, -0.25) is 9.78 Å². The summed E-state index contributed by atoms with van der Waals surface area (Å²) in [6, 6.07) is 1.50. The molecule has 1 amide bonds. The van der Waals surface area contributed by atoms with Crippen LogP contribution in [0.4, 0.5) is 13.2 Å². The number of halogens is 3. The number of nitrogens with one attached hydrogen (secondary N) is 1. The summed E-state index contributed by atoms with van der Waals surface area (Å²) in [5.41, 5.74) is 0.431. The number of carbonyl (C=O) groups is 1. The third-order valence-electron chi connectivity index (χ3n) is 2.94. The second-order valence-electron chi connectivity index (χ2n) is 4.61. The lowest BCUT2D eigenvalue weighted by atomic mass is 10.2. The molecular formula is C13H15F3N2O3. The highest BCUT2D eigenvalue weighted by atomic mass is 19.4. The minimum Gasteiger partial charge on any atom is -0.482 e. The molecule has 1 atom stereocenters. The van der Waals surface area contributed by atoms with Crippen molar-refractivity contribution in [2.75, 3.05) is 13.2 Å². The predicted octanol–water partition coefficient (Wildman–Crippen LogP) is 1.82. The number of pyridine rings is 1. The van der Waals surface area contributed by atoms with Crippen LogP contribution in [-0.2, 0) is 16.1 Å². The van der Waals surface area contributed by atoms with Gasteiger partial charge in [-0.15, -0.1) is 0 Å². The molecule has 2 heterocycles. The number of rotatable bonds is 5. The van der Waals surface area contributed by atoms with Crippen LogP contribution in [0.25, 0.3) is 0 Å². The fourth-order valence-electron chi connectivity index (χ4n) is 1.92. The number of amides is 1. The molecule has 0 aromatic carbocycles. The topological polar surface area (TPSA) is 60.5 Å². The van der Waals surface area contributed by atoms with E-state index >= 15 is 0 Å². The monoisotopic (exact) mass is 304 g/mol. The van der Waals surface area contributed by atoms with E-state index in [1.165, 1.54) is 18.5 Å². The fourth-order valence-corrected chi connectivity index (χ4v) is 1.92. The van der Waals surface area contributed by atoms with Crippen molar-refractivity contribution in [1.29, 1.82) is 0 Å². The molecule has 1 aromatic rings. The normalized spacial score (nSPS) is 18.5. The van der Waals surface area contributed by atoms with Crippen LogP contribution in [0.2, 0.25) is 0 Å². The van der Waals surface area contributed by atoms with E-state index in [9.17, 15) is 18.0 Å². The number of nitrogens with zero attached hydrogens (tertiary/aromatic N) is 1. The third-order valence-corrected chi connectivity index (χ3v) is 2.94. The van der Waals surface area contributed by atoms with Crippen molar-refractivity contribution in [3.63, 3.8) is 0 Å². The highest BCUT2D eigenvalue weighted by Gasteiger charge is 2.29. The molecule has 116 valence electrons. The molecule has 1 aliphatic rings. The Bertz CT molecular complexity index is 488. The van der Waals surface area contributed by atoms with Gasteiger partial charge >= 0.3 is 6.18 Å². The molecule has 0 bridgehead atoms. The lowest BCUT2D eigenvalue weighted by Crippen LogP contribution is -2.33. The molecule has 1 saturated heterocycles. The average Bonchev–Trinajstić information content (AvgIpc) is 2.96. The maximum Gasteiger partial charge on any atom is 0.422 e. The van der Waals surface area contributed by atoms with Crippen LogP contribution in [0.3, 0.4) is 0 Å². The Morgan fingerprint density at radius 2 is 2.33 bits per heavy atom. The molecule has 21 heavy (non-hydrogen) atoms. The Kier molecular flexibility index (Phi) is 5.00. The fraction of sp³-hybridized carbons (Fsp3) is 0.538. The molecular weight excluding hydrogens is 289 g/mol. The molecule has 0 aliphatic carbocycles. The van der Waals surface area contributed by atoms with Gasteiger partial charge < -0.3 is 14.8 Å². The Hall–Kier alpha value is -1.83. The summed E-state index contributed by atoms with van der Waals surface area (Å²) in [7, 11) is 0. The Labute approximate surface area is 119 Å². The van der Waals surface area contributed by atoms with Gasteiger partial charge in [-0.25, -0.2) is 0 Å². The molecule has 0 spiro atoms. The number of ether oxygens (including phenoxy) is 2. The van der Waals surface area contributed by atoms with Crippen molar-refractivity contribution in [2.45, 2.75) is 31.7 Å². The molecule has 0 unspecified atom stereocenters. The SMILES string of the molecule is O=C(NCc1ccncc1OCC(F)(F)F)[C@@H]1CCCO1. The number of hydrogen-bond acceptors (Lipinski definition) is 4. The van der Waals surface area contributed by atoms with E-state index in [1.54, 1.807) is 0 Å². The summed E-state index contributed by atoms with van der Waals surface area (Å²) < 4.78 is 46.4. The molecule has 1 aromatic heterocycles. The Morgan fingerprint density at radius 3 is 3.00 bits per heavy atom. The number of carbonyl (C=O) groups excluding carboxylic acids is 1. The number of aromatic nitrogens is 1. The molecule has 5 nitrogen and oxygen atoms in total. The van der Waals surface area contributed by atoms with Crippen LogP contribution >= 0.6 is 0 Å². The van der Waals surface area contributed by atoms with Crippen molar-refractivity contribution in [1.82, 2.24) is 10.3 Å². The van der Waals surface area contributed by atoms with E-state index < -0.39 is 18.9 Å². The Morgan fingerprint density at radius 1 is 1.52 bits per heavy atom. The molecule has 8 heteroatoms. The first-order valence-electron chi connectivity index (χ1n) is 6.47. The van der Waals surface area contributed by atoms with Gasteiger partial charge in [-0.05, 0) is 18.9 Å². The highest BCUT2D eigenvalue weighted by molar-refractivity contribution is 5.81. The zero-order valence-corrected chi connectivity index (χ0v) is 11.2. The van der Waals surface area contributed by atoms with Crippen LogP contribution in [0, 0.1) is 0 Å². The maximum atomic E-state index is 12.2. The first kappa shape index (κ1) is 15.6. The second kappa shape index (κ2) is 6.75. The zero-order chi connectivity index (χ0) is 15.3. The minimum absolute atomic E-state index is 0.00228. The zero-order valence-electron chi connectivity index (χ0n) is 11.2. The van der Waals surface area contributed by atoms with Gasteiger partial charge in [0.15, 0.2) is 6.61 Å². The van der Waals surface area contributed by atoms with Crippen molar-refractivity contribution in [2.24, 2.45) is 0 Å². The van der Waals surface area contributed by atoms with E-state index in [4.69, 9.17) is 4.74 Å². The summed E-state index contributed by atoms with van der Waals surface area (Å²) >= 11 is 0. The smallest absolute Gasteiger partial charge is 0.422 e. The predicted molar refractivity (Wildman–Crippen MR) is 66.6 cm³/mol. The van der Waals surface area contributed by atoms with E-state index in [0.717, 1.165) is 6.42 Å². The quantitative estimate of drug-likeness (QED) is 0.901. The number of alkyl halides is 3. The third kappa shape index (κ3) is 4.89. The van der Waals surface area contributed by atoms with Gasteiger partial charge in [-0.1, -0.05) is 0 Å². The summed E-state index contributed by atoms with van der Waals surface area (Å²) in [6.07, 6.45) is -0.805. The lowest BCUT2D eigenvalue weighted by molar-refractivity contribution is -0.153. The van der Waals surface area contributed by atoms with Gasteiger partial charge in [0.1, 0.15) is 11.9 Å². The summed E-state index contributed by atoms with van der Waals surface area (Å²) in [4.78, 5) is 15.5. The molecule has 0 saturated carbocycles. The van der Waals surface area contributed by atoms with E-state index in [0.29, 0.717) is 18.6 Å². The lowest BCUT2D eigenvalue weighted by Gasteiger charge is -2.14. The van der Waals surface area contributed by atoms with E-state index in [2.05, 4.69) is 15.0 Å². The summed E-state index contributed by atoms with van der Waals surface area (Å²) in [6.45, 7) is -0.785. The summed E-state index contributed by atoms with van der Waals surface area (Å²) in [5.74, 6) is -0.270. The number of hydrogen-bond donors (Lipinski definition) is 1. The minimum atomic E-state index is -4.42. The first-order valence-corrected chi connectivity index (χ1v) is 6.47. The largest absolute Gasteiger partial charge is 0.482 e. The second-order valence-corrected chi connectivity index (χ2v) is 4.61. The van der Waals surface area contributed by atoms with Crippen LogP contribution in [0.15, 0.2) is 18.5 Å². The Balaban J connectivity index is 1.91. The van der Waals surface area contributed by atoms with Crippen molar-refractivity contribution in [3.8, 4) is 5.75 Å². The highest BCUT2D eigenvalue weighted by Crippen LogP contribution is 2.21. The van der Waals surface area contributed by atoms with Crippen LogP contribution in [-0.4, -0.2) is 36.4 Å². The average molecular weight is 304 g/mol. The standard InChI is InChI=1S/C13H15F3N2O3/c14-13(15,16)8-21-11-7-17-4-3-9(11)6-18-12(19)10-2-1-5-20-10/h3-4,7,10H,1-2,5-6,8H2,(H,18,19)/t10-/m0/s1. The van der Waals surface area contributed by atoms with Gasteiger partial charge in [0, 0.05) is 24.9 Å². The first-order chi connectivity index (χ1) is 9.96. The van der Waals surface area contributed by atoms with Gasteiger partial charge in [0.05, 0.1) is 6.20 Å². The van der Waals surface area contributed by atoms with Gasteiger partial charge in [0.2, 0.25) is 5.91 Å². The van der Waals surface area contributed by atoms with Gasteiger partial charge in [0.25, 0.3) is 0 Å².